The maximum Gasteiger partial charge on any atom is 0.406 e. The van der Waals surface area contributed by atoms with Crippen molar-refractivity contribution in [3.8, 4) is 5.75 Å². The van der Waals surface area contributed by atoms with E-state index in [1.165, 1.54) is 28.8 Å². The summed E-state index contributed by atoms with van der Waals surface area (Å²) in [7, 11) is 0.866. The molecule has 3 unspecified atom stereocenters. The first-order valence-electron chi connectivity index (χ1n) is 11.8. The van der Waals surface area contributed by atoms with Gasteiger partial charge in [0, 0.05) is 32.1 Å². The van der Waals surface area contributed by atoms with E-state index in [0.717, 1.165) is 7.05 Å². The van der Waals surface area contributed by atoms with Gasteiger partial charge in [-0.15, -0.1) is 0 Å². The summed E-state index contributed by atoms with van der Waals surface area (Å²) >= 11 is 0. The van der Waals surface area contributed by atoms with E-state index in [1.807, 2.05) is 0 Å². The molecule has 0 saturated heterocycles. The molecule has 2 aliphatic heterocycles. The van der Waals surface area contributed by atoms with Crippen molar-refractivity contribution in [1.29, 1.82) is 0 Å². The highest BCUT2D eigenvalue weighted by Gasteiger charge is 2.41. The molecule has 3 amide bonds. The van der Waals surface area contributed by atoms with E-state index >= 15 is 0 Å². The second-order valence-corrected chi connectivity index (χ2v) is 9.53. The third-order valence-electron chi connectivity index (χ3n) is 6.76. The molecule has 10 nitrogen and oxygen atoms in total. The van der Waals surface area contributed by atoms with Crippen LogP contribution in [-0.2, 0) is 22.7 Å². The molecule has 3 N–H and O–H groups in total. The van der Waals surface area contributed by atoms with E-state index in [2.05, 4.69) is 15.6 Å². The van der Waals surface area contributed by atoms with Crippen molar-refractivity contribution in [2.45, 2.75) is 50.5 Å². The lowest BCUT2D eigenvalue weighted by Crippen LogP contribution is -2.50. The van der Waals surface area contributed by atoms with Crippen LogP contribution in [0.25, 0.3) is 0 Å². The van der Waals surface area contributed by atoms with Gasteiger partial charge in [-0.25, -0.2) is 9.37 Å². The lowest BCUT2D eigenvalue weighted by atomic mass is 9.79. The van der Waals surface area contributed by atoms with E-state index in [9.17, 15) is 41.8 Å². The number of aromatic hydroxyl groups is 1. The Bertz CT molecular complexity index is 1310. The Morgan fingerprint density at radius 2 is 1.87 bits per heavy atom. The number of hydrogen-bond acceptors (Lipinski definition) is 6. The Morgan fingerprint density at radius 1 is 1.18 bits per heavy atom. The Kier molecular flexibility index (Phi) is 7.42. The first kappa shape index (κ1) is 27.1. The molecule has 3 atom stereocenters. The number of alkyl halides is 3. The molecule has 5 rings (SSSR count). The normalized spacial score (nSPS) is 20.3. The van der Waals surface area contributed by atoms with Crippen LogP contribution in [0.1, 0.15) is 47.1 Å². The van der Waals surface area contributed by atoms with Gasteiger partial charge in [0.2, 0.25) is 5.75 Å². The summed E-state index contributed by atoms with van der Waals surface area (Å²) in [5.41, 5.74) is -0.807. The average Bonchev–Trinajstić information content (AvgIpc) is 3.11. The molecule has 204 valence electrons. The zero-order chi connectivity index (χ0) is 27.8. The van der Waals surface area contributed by atoms with Crippen LogP contribution in [0.5, 0.6) is 5.75 Å². The van der Waals surface area contributed by atoms with E-state index in [-0.39, 0.29) is 29.7 Å². The van der Waals surface area contributed by atoms with E-state index < -0.39 is 65.2 Å². The van der Waals surface area contributed by atoms with Crippen molar-refractivity contribution >= 4 is 17.7 Å². The van der Waals surface area contributed by atoms with Crippen molar-refractivity contribution in [3.05, 3.63) is 57.5 Å². The molecule has 1 fully saturated rings. The third kappa shape index (κ3) is 5.78. The number of aromatic nitrogens is 2. The van der Waals surface area contributed by atoms with Gasteiger partial charge >= 0.3 is 18.0 Å². The maximum absolute atomic E-state index is 13.1. The number of amides is 3. The quantitative estimate of drug-likeness (QED) is 0.389. The minimum atomic E-state index is -4.67. The van der Waals surface area contributed by atoms with Crippen LogP contribution in [0, 0.1) is 11.7 Å². The molecule has 0 spiro atoms. The van der Waals surface area contributed by atoms with Gasteiger partial charge < -0.3 is 20.6 Å². The van der Waals surface area contributed by atoms with Crippen LogP contribution in [-0.4, -0.2) is 63.1 Å². The van der Waals surface area contributed by atoms with Gasteiger partial charge in [-0.3, -0.25) is 23.7 Å². The highest BCUT2D eigenvalue weighted by atomic mass is 19.4. The summed E-state index contributed by atoms with van der Waals surface area (Å²) in [6.07, 6.45) is -3.29. The SMILES string of the molecule is CN(CC(F)(F)F)C(=O)C(=O)NC1CC2CCC1c1nc(C(=O)NCc3ccc(F)cc3)c(O)c(=O)n1C2. The first-order valence-corrected chi connectivity index (χ1v) is 11.8. The van der Waals surface area contributed by atoms with Crippen LogP contribution in [0.3, 0.4) is 0 Å². The molecule has 3 aliphatic rings. The van der Waals surface area contributed by atoms with Crippen molar-refractivity contribution in [2.75, 3.05) is 13.6 Å². The summed E-state index contributed by atoms with van der Waals surface area (Å²) in [6.45, 7) is -1.47. The van der Waals surface area contributed by atoms with Crippen LogP contribution in [0.2, 0.25) is 0 Å². The number of hydrogen-bond donors (Lipinski definition) is 3. The molecule has 1 aromatic heterocycles. The summed E-state index contributed by atoms with van der Waals surface area (Å²) in [5, 5.41) is 15.5. The molecule has 2 bridgehead atoms. The van der Waals surface area contributed by atoms with Gasteiger partial charge in [-0.05, 0) is 42.9 Å². The Morgan fingerprint density at radius 3 is 2.53 bits per heavy atom. The second-order valence-electron chi connectivity index (χ2n) is 9.53. The fourth-order valence-corrected chi connectivity index (χ4v) is 4.94. The van der Waals surface area contributed by atoms with Crippen molar-refractivity contribution < 1.29 is 37.1 Å². The smallest absolute Gasteiger partial charge is 0.406 e. The summed E-state index contributed by atoms with van der Waals surface area (Å²) < 4.78 is 52.3. The fraction of sp³-hybridized carbons (Fsp3) is 0.458. The average molecular weight is 539 g/mol. The monoisotopic (exact) mass is 539 g/mol. The van der Waals surface area contributed by atoms with Crippen LogP contribution < -0.4 is 16.2 Å². The Balaban J connectivity index is 1.56. The zero-order valence-corrected chi connectivity index (χ0v) is 20.2. The molecular weight excluding hydrogens is 514 g/mol. The van der Waals surface area contributed by atoms with E-state index in [0.29, 0.717) is 24.8 Å². The van der Waals surface area contributed by atoms with Crippen molar-refractivity contribution in [1.82, 2.24) is 25.1 Å². The minimum absolute atomic E-state index is 0.0314. The molecule has 1 aliphatic carbocycles. The fourth-order valence-electron chi connectivity index (χ4n) is 4.94. The van der Waals surface area contributed by atoms with Crippen LogP contribution in [0.4, 0.5) is 17.6 Å². The van der Waals surface area contributed by atoms with Crippen LogP contribution in [0.15, 0.2) is 29.1 Å². The molecule has 14 heteroatoms. The number of nitrogens with zero attached hydrogens (tertiary/aromatic N) is 3. The summed E-state index contributed by atoms with van der Waals surface area (Å²) in [4.78, 5) is 55.0. The topological polar surface area (TPSA) is 134 Å². The van der Waals surface area contributed by atoms with Gasteiger partial charge in [0.05, 0.1) is 0 Å². The van der Waals surface area contributed by atoms with Crippen LogP contribution >= 0.6 is 0 Å². The molecule has 2 aromatic rings. The number of carbonyl (C=O) groups excluding carboxylic acids is 3. The number of carbonyl (C=O) groups is 3. The van der Waals surface area contributed by atoms with Gasteiger partial charge in [0.1, 0.15) is 18.2 Å². The van der Waals surface area contributed by atoms with E-state index in [1.54, 1.807) is 0 Å². The van der Waals surface area contributed by atoms with Crippen molar-refractivity contribution in [3.63, 3.8) is 0 Å². The minimum Gasteiger partial charge on any atom is -0.501 e. The summed E-state index contributed by atoms with van der Waals surface area (Å²) in [5.74, 6) is -5.39. The number of fused-ring (bicyclic) bond motifs is 2. The van der Waals surface area contributed by atoms with Crippen molar-refractivity contribution in [2.24, 2.45) is 5.92 Å². The number of halogens is 4. The largest absolute Gasteiger partial charge is 0.501 e. The Hall–Kier alpha value is -3.97. The predicted molar refractivity (Wildman–Crippen MR) is 123 cm³/mol. The number of nitrogens with one attached hydrogen (secondary N) is 2. The number of likely N-dealkylation sites (N-methyl/N-ethyl adjacent to an activating group) is 1. The Labute approximate surface area is 213 Å². The first-order chi connectivity index (χ1) is 17.8. The second kappa shape index (κ2) is 10.4. The molecule has 1 aromatic carbocycles. The molecule has 38 heavy (non-hydrogen) atoms. The zero-order valence-electron chi connectivity index (χ0n) is 20.2. The predicted octanol–water partition coefficient (Wildman–Crippen LogP) is 1.42. The van der Waals surface area contributed by atoms with Gasteiger partial charge in [0.15, 0.2) is 5.69 Å². The van der Waals surface area contributed by atoms with Gasteiger partial charge in [0.25, 0.3) is 11.5 Å². The van der Waals surface area contributed by atoms with Gasteiger partial charge in [-0.1, -0.05) is 12.1 Å². The standard InChI is InChI=1S/C24H25F4N5O5/c1-32(11-24(26,27)28)23(38)21(36)30-16-8-13-4-7-15(16)19-31-17(18(34)22(37)33(19)10-13)20(35)29-9-12-2-5-14(25)6-3-12/h2-3,5-6,13,15-16,34H,4,7-11H2,1H3,(H,29,35)(H,30,36). The summed E-state index contributed by atoms with van der Waals surface area (Å²) in [6, 6.07) is 4.60. The molecule has 3 heterocycles. The number of benzene rings is 1. The van der Waals surface area contributed by atoms with E-state index in [4.69, 9.17) is 0 Å². The third-order valence-corrected chi connectivity index (χ3v) is 6.76. The lowest BCUT2D eigenvalue weighted by Gasteiger charge is -2.32. The highest BCUT2D eigenvalue weighted by Crippen LogP contribution is 2.40. The lowest BCUT2D eigenvalue weighted by molar-refractivity contribution is -0.162. The molecule has 1 saturated carbocycles. The van der Waals surface area contributed by atoms with Gasteiger partial charge in [-0.2, -0.15) is 13.2 Å². The number of rotatable bonds is 5. The highest BCUT2D eigenvalue weighted by molar-refractivity contribution is 6.35. The maximum atomic E-state index is 13.1. The molecular formula is C24H25F4N5O5. The molecule has 0 radical (unpaired) electrons.